The molecule has 5 nitrogen and oxygen atoms in total. The van der Waals surface area contributed by atoms with E-state index in [1.165, 1.54) is 0 Å². The molecule has 0 saturated carbocycles. The molecule has 0 unspecified atom stereocenters. The lowest BCUT2D eigenvalue weighted by molar-refractivity contribution is -0.174. The van der Waals surface area contributed by atoms with Crippen LogP contribution >= 0.6 is 0 Å². The Hall–Kier alpha value is -1.35. The number of halogens is 3. The summed E-state index contributed by atoms with van der Waals surface area (Å²) in [5, 5.41) is 17.2. The number of nitrogens with zero attached hydrogens (tertiary/aromatic N) is 4. The van der Waals surface area contributed by atoms with Crippen LogP contribution in [0.2, 0.25) is 0 Å². The monoisotopic (exact) mass is 278 g/mol. The van der Waals surface area contributed by atoms with Gasteiger partial charge < -0.3 is 4.74 Å². The highest BCUT2D eigenvalue weighted by molar-refractivity contribution is 4.79. The molecule has 108 valence electrons. The van der Waals surface area contributed by atoms with Crippen LogP contribution in [0.25, 0.3) is 0 Å². The lowest BCUT2D eigenvalue weighted by atomic mass is 10.4. The van der Waals surface area contributed by atoms with E-state index in [9.17, 15) is 13.2 Å². The van der Waals surface area contributed by atoms with Crippen molar-refractivity contribution in [1.82, 2.24) is 9.80 Å². The van der Waals surface area contributed by atoms with Gasteiger partial charge in [0.25, 0.3) is 0 Å². The van der Waals surface area contributed by atoms with E-state index in [0.29, 0.717) is 13.2 Å². The molecule has 0 amide bonds. The molecule has 0 bridgehead atoms. The Morgan fingerprint density at radius 1 is 1.11 bits per heavy atom. The first kappa shape index (κ1) is 17.6. The number of hydrogen-bond donors (Lipinski definition) is 0. The summed E-state index contributed by atoms with van der Waals surface area (Å²) >= 11 is 0. The first-order chi connectivity index (χ1) is 8.92. The van der Waals surface area contributed by atoms with Gasteiger partial charge in [-0.1, -0.05) is 6.92 Å². The van der Waals surface area contributed by atoms with Crippen LogP contribution < -0.4 is 0 Å². The molecule has 0 aromatic carbocycles. The number of rotatable bonds is 9. The van der Waals surface area contributed by atoms with Crippen LogP contribution in [-0.2, 0) is 4.74 Å². The lowest BCUT2D eigenvalue weighted by Gasteiger charge is -2.26. The van der Waals surface area contributed by atoms with E-state index in [1.54, 1.807) is 9.80 Å². The maximum absolute atomic E-state index is 11.9. The minimum absolute atomic E-state index is 0.0807. The van der Waals surface area contributed by atoms with E-state index in [2.05, 4.69) is 4.74 Å². The molecule has 0 radical (unpaired) electrons. The van der Waals surface area contributed by atoms with Crippen LogP contribution in [0, 0.1) is 22.7 Å². The van der Waals surface area contributed by atoms with Crippen molar-refractivity contribution in [3.63, 3.8) is 0 Å². The Morgan fingerprint density at radius 2 is 1.68 bits per heavy atom. The van der Waals surface area contributed by atoms with E-state index < -0.39 is 12.8 Å². The summed E-state index contributed by atoms with van der Waals surface area (Å²) in [7, 11) is 0. The van der Waals surface area contributed by atoms with Crippen LogP contribution in [0.1, 0.15) is 6.92 Å². The Labute approximate surface area is 110 Å². The second-order valence-corrected chi connectivity index (χ2v) is 3.82. The number of alkyl halides is 3. The topological polar surface area (TPSA) is 63.3 Å². The maximum atomic E-state index is 11.9. The summed E-state index contributed by atoms with van der Waals surface area (Å²) in [5.41, 5.74) is 0. The van der Waals surface area contributed by atoms with Crippen LogP contribution in [0.3, 0.4) is 0 Å². The standard InChI is InChI=1S/C11H17F3N4O/c1-2-17(5-3-15)10-18(6-4-16)7-8-19-9-11(12,13)14/h2,5-10H2,1H3. The number of hydrogen-bond acceptors (Lipinski definition) is 5. The zero-order chi connectivity index (χ0) is 14.7. The zero-order valence-electron chi connectivity index (χ0n) is 10.8. The molecule has 0 saturated heterocycles. The summed E-state index contributed by atoms with van der Waals surface area (Å²) < 4.78 is 40.1. The van der Waals surface area contributed by atoms with Gasteiger partial charge >= 0.3 is 6.18 Å². The Kier molecular flexibility index (Phi) is 8.88. The predicted octanol–water partition coefficient (Wildman–Crippen LogP) is 1.19. The fourth-order valence-corrected chi connectivity index (χ4v) is 1.33. The molecule has 0 aromatic rings. The minimum atomic E-state index is -4.34. The Morgan fingerprint density at radius 3 is 2.16 bits per heavy atom. The van der Waals surface area contributed by atoms with E-state index in [-0.39, 0.29) is 26.2 Å². The second-order valence-electron chi connectivity index (χ2n) is 3.82. The average Bonchev–Trinajstić information content (AvgIpc) is 2.32. The van der Waals surface area contributed by atoms with Gasteiger partial charge in [-0.25, -0.2) is 0 Å². The highest BCUT2D eigenvalue weighted by atomic mass is 19.4. The molecular weight excluding hydrogens is 261 g/mol. The smallest absolute Gasteiger partial charge is 0.371 e. The number of nitriles is 2. The quantitative estimate of drug-likeness (QED) is 0.360. The molecule has 0 aliphatic rings. The molecule has 0 aliphatic carbocycles. The van der Waals surface area contributed by atoms with Crippen LogP contribution in [-0.4, -0.2) is 62.0 Å². The third-order valence-corrected chi connectivity index (χ3v) is 2.25. The fourth-order valence-electron chi connectivity index (χ4n) is 1.33. The summed E-state index contributed by atoms with van der Waals surface area (Å²) in [5.74, 6) is 0. The molecule has 0 aliphatic heterocycles. The first-order valence-electron chi connectivity index (χ1n) is 5.76. The van der Waals surface area contributed by atoms with Crippen molar-refractivity contribution in [1.29, 1.82) is 10.5 Å². The van der Waals surface area contributed by atoms with Crippen LogP contribution in [0.5, 0.6) is 0 Å². The van der Waals surface area contributed by atoms with Crippen molar-refractivity contribution >= 4 is 0 Å². The predicted molar refractivity (Wildman–Crippen MR) is 61.8 cm³/mol. The van der Waals surface area contributed by atoms with Crippen LogP contribution in [0.15, 0.2) is 0 Å². The van der Waals surface area contributed by atoms with Crippen molar-refractivity contribution in [3.8, 4) is 12.1 Å². The lowest BCUT2D eigenvalue weighted by Crippen LogP contribution is -2.40. The Balaban J connectivity index is 4.05. The summed E-state index contributed by atoms with van der Waals surface area (Å²) in [6, 6.07) is 3.92. The van der Waals surface area contributed by atoms with Crippen molar-refractivity contribution in [2.75, 3.05) is 46.1 Å². The van der Waals surface area contributed by atoms with Crippen LogP contribution in [0.4, 0.5) is 13.2 Å². The van der Waals surface area contributed by atoms with Gasteiger partial charge in [0.15, 0.2) is 0 Å². The molecule has 0 rings (SSSR count). The Bertz CT molecular complexity index is 321. The first-order valence-corrected chi connectivity index (χ1v) is 5.76. The van der Waals surface area contributed by atoms with Gasteiger partial charge in [-0.3, -0.25) is 9.80 Å². The average molecular weight is 278 g/mol. The molecule has 8 heteroatoms. The molecule has 0 atom stereocenters. The molecule has 0 spiro atoms. The van der Waals surface area contributed by atoms with Gasteiger partial charge in [-0.05, 0) is 6.54 Å². The molecule has 0 fully saturated rings. The molecule has 19 heavy (non-hydrogen) atoms. The van der Waals surface area contributed by atoms with Crippen molar-refractivity contribution < 1.29 is 17.9 Å². The normalized spacial score (nSPS) is 11.6. The highest BCUT2D eigenvalue weighted by Crippen LogP contribution is 2.14. The third kappa shape index (κ3) is 10.3. The molecule has 0 N–H and O–H groups in total. The van der Waals surface area contributed by atoms with E-state index in [1.807, 2.05) is 19.1 Å². The zero-order valence-corrected chi connectivity index (χ0v) is 10.8. The van der Waals surface area contributed by atoms with Crippen molar-refractivity contribution in [2.45, 2.75) is 13.1 Å². The second kappa shape index (κ2) is 9.56. The SMILES string of the molecule is CCN(CC#N)CN(CC#N)CCOCC(F)(F)F. The minimum Gasteiger partial charge on any atom is -0.371 e. The fraction of sp³-hybridized carbons (Fsp3) is 0.818. The van der Waals surface area contributed by atoms with Gasteiger partial charge in [-0.15, -0.1) is 0 Å². The van der Waals surface area contributed by atoms with E-state index >= 15 is 0 Å². The van der Waals surface area contributed by atoms with Crippen molar-refractivity contribution in [3.05, 3.63) is 0 Å². The van der Waals surface area contributed by atoms with E-state index in [4.69, 9.17) is 10.5 Å². The van der Waals surface area contributed by atoms with Gasteiger partial charge in [0.05, 0.1) is 38.5 Å². The van der Waals surface area contributed by atoms with Gasteiger partial charge in [-0.2, -0.15) is 23.7 Å². The summed E-state index contributed by atoms with van der Waals surface area (Å²) in [6.07, 6.45) is -4.34. The molecule has 0 heterocycles. The third-order valence-electron chi connectivity index (χ3n) is 2.25. The number of ether oxygens (including phenoxy) is 1. The van der Waals surface area contributed by atoms with Crippen molar-refractivity contribution in [2.24, 2.45) is 0 Å². The highest BCUT2D eigenvalue weighted by Gasteiger charge is 2.27. The van der Waals surface area contributed by atoms with Gasteiger partial charge in [0.1, 0.15) is 6.61 Å². The maximum Gasteiger partial charge on any atom is 0.411 e. The van der Waals surface area contributed by atoms with Gasteiger partial charge in [0.2, 0.25) is 0 Å². The largest absolute Gasteiger partial charge is 0.411 e. The summed E-state index contributed by atoms with van der Waals surface area (Å²) in [6.45, 7) is 1.95. The van der Waals surface area contributed by atoms with Gasteiger partial charge in [0, 0.05) is 6.54 Å². The summed E-state index contributed by atoms with van der Waals surface area (Å²) in [4.78, 5) is 3.41. The molecular formula is C11H17F3N4O. The van der Waals surface area contributed by atoms with E-state index in [0.717, 1.165) is 0 Å². The molecule has 0 aromatic heterocycles.